The van der Waals surface area contributed by atoms with E-state index in [1.165, 1.54) is 19.2 Å². The van der Waals surface area contributed by atoms with Crippen LogP contribution in [0.2, 0.25) is 0 Å². The summed E-state index contributed by atoms with van der Waals surface area (Å²) in [4.78, 5) is 10.1. The van der Waals surface area contributed by atoms with E-state index in [0.717, 1.165) is 23.1 Å². The van der Waals surface area contributed by atoms with Gasteiger partial charge in [0.05, 0.1) is 40.9 Å². The first kappa shape index (κ1) is 23.7. The predicted octanol–water partition coefficient (Wildman–Crippen LogP) is 4.31. The van der Waals surface area contributed by atoms with Crippen molar-refractivity contribution in [2.45, 2.75) is 37.0 Å². The fourth-order valence-corrected chi connectivity index (χ4v) is 4.72. The van der Waals surface area contributed by atoms with Crippen LogP contribution < -0.4 is 25.8 Å². The molecule has 180 valence electrons. The average molecular weight is 487 g/mol. The molecular weight excluding hydrogens is 459 g/mol. The quantitative estimate of drug-likeness (QED) is 0.450. The molecule has 0 fully saturated rings. The molecule has 0 saturated heterocycles. The molecular formula is C23H27FN6O3S. The first-order valence-corrected chi connectivity index (χ1v) is 12.3. The lowest BCUT2D eigenvalue weighted by Gasteiger charge is -2.20. The summed E-state index contributed by atoms with van der Waals surface area (Å²) in [7, 11) is -0.327. The number of sulfone groups is 1. The van der Waals surface area contributed by atoms with Crippen LogP contribution in [0, 0.1) is 5.82 Å². The molecule has 1 unspecified atom stereocenters. The summed E-state index contributed by atoms with van der Waals surface area (Å²) in [6, 6.07) is 10.5. The van der Waals surface area contributed by atoms with E-state index in [0.29, 0.717) is 11.4 Å². The molecule has 2 aromatic carbocycles. The van der Waals surface area contributed by atoms with E-state index in [2.05, 4.69) is 26.1 Å². The smallest absolute Gasteiger partial charge is 0.229 e. The molecule has 4 rings (SSSR count). The molecule has 1 aromatic heterocycles. The zero-order valence-electron chi connectivity index (χ0n) is 19.5. The Morgan fingerprint density at radius 2 is 1.97 bits per heavy atom. The molecule has 3 N–H and O–H groups in total. The van der Waals surface area contributed by atoms with Crippen LogP contribution in [-0.4, -0.2) is 37.8 Å². The van der Waals surface area contributed by atoms with Gasteiger partial charge < -0.3 is 20.4 Å². The van der Waals surface area contributed by atoms with E-state index in [9.17, 15) is 12.8 Å². The summed E-state index contributed by atoms with van der Waals surface area (Å²) in [6.45, 7) is 5.27. The zero-order chi connectivity index (χ0) is 24.6. The SMILES string of the molecule is COc1ccc(S(=O)(=O)C(C)C)cc1Nc1ncc(F)c(N(C)c2ccc3c(c2)NNC3C)n1. The fraction of sp³-hybridized carbons (Fsp3) is 0.304. The lowest BCUT2D eigenvalue weighted by atomic mass is 10.1. The predicted molar refractivity (Wildman–Crippen MR) is 130 cm³/mol. The highest BCUT2D eigenvalue weighted by Crippen LogP contribution is 2.35. The number of hydrogen-bond donors (Lipinski definition) is 3. The van der Waals surface area contributed by atoms with E-state index in [1.807, 2.05) is 25.1 Å². The Morgan fingerprint density at radius 3 is 2.68 bits per heavy atom. The van der Waals surface area contributed by atoms with Crippen molar-refractivity contribution >= 4 is 38.7 Å². The maximum Gasteiger partial charge on any atom is 0.229 e. The van der Waals surface area contributed by atoms with Crippen molar-refractivity contribution in [3.8, 4) is 5.75 Å². The molecule has 0 amide bonds. The van der Waals surface area contributed by atoms with Crippen molar-refractivity contribution in [3.63, 3.8) is 0 Å². The number of ether oxygens (including phenoxy) is 1. The van der Waals surface area contributed by atoms with Gasteiger partial charge >= 0.3 is 0 Å². The highest BCUT2D eigenvalue weighted by molar-refractivity contribution is 7.92. The Morgan fingerprint density at radius 1 is 1.21 bits per heavy atom. The van der Waals surface area contributed by atoms with Crippen molar-refractivity contribution in [2.24, 2.45) is 0 Å². The van der Waals surface area contributed by atoms with Crippen LogP contribution in [0.25, 0.3) is 0 Å². The van der Waals surface area contributed by atoms with Crippen molar-refractivity contribution in [1.29, 1.82) is 0 Å². The Bertz CT molecular complexity index is 1330. The second-order valence-electron chi connectivity index (χ2n) is 8.27. The maximum absolute atomic E-state index is 14.7. The molecule has 2 heterocycles. The van der Waals surface area contributed by atoms with Crippen molar-refractivity contribution in [3.05, 3.63) is 54.0 Å². The molecule has 11 heteroatoms. The van der Waals surface area contributed by atoms with Crippen LogP contribution in [-0.2, 0) is 9.84 Å². The van der Waals surface area contributed by atoms with Crippen LogP contribution in [0.15, 0.2) is 47.5 Å². The van der Waals surface area contributed by atoms with Crippen LogP contribution >= 0.6 is 0 Å². The van der Waals surface area contributed by atoms with Gasteiger partial charge in [-0.3, -0.25) is 0 Å². The third-order valence-electron chi connectivity index (χ3n) is 5.72. The van der Waals surface area contributed by atoms with Gasteiger partial charge in [-0.15, -0.1) is 0 Å². The zero-order valence-corrected chi connectivity index (χ0v) is 20.4. The van der Waals surface area contributed by atoms with Crippen LogP contribution in [0.4, 0.5) is 33.2 Å². The molecule has 1 aliphatic heterocycles. The molecule has 3 aromatic rings. The standard InChI is InChI=1S/C23H27FN6O3S/c1-13(2)34(31,32)16-7-9-21(33-5)20(11-16)26-23-25-12-18(24)22(27-23)30(4)15-6-8-17-14(3)28-29-19(17)10-15/h6-14,28-29H,1-5H3,(H,25,26,27). The van der Waals surface area contributed by atoms with E-state index < -0.39 is 20.9 Å². The molecule has 0 radical (unpaired) electrons. The van der Waals surface area contributed by atoms with Gasteiger partial charge in [-0.25, -0.2) is 23.2 Å². The van der Waals surface area contributed by atoms with E-state index >= 15 is 0 Å². The third kappa shape index (κ3) is 4.36. The number of halogens is 1. The lowest BCUT2D eigenvalue weighted by Crippen LogP contribution is -2.16. The number of hydrazine groups is 1. The van der Waals surface area contributed by atoms with Crippen LogP contribution in [0.5, 0.6) is 5.75 Å². The molecule has 1 atom stereocenters. The van der Waals surface area contributed by atoms with Gasteiger partial charge in [-0.2, -0.15) is 4.98 Å². The first-order chi connectivity index (χ1) is 16.1. The van der Waals surface area contributed by atoms with Gasteiger partial charge in [-0.1, -0.05) is 6.07 Å². The molecule has 0 saturated carbocycles. The van der Waals surface area contributed by atoms with Crippen molar-refractivity contribution in [1.82, 2.24) is 15.4 Å². The number of methoxy groups -OCH3 is 1. The summed E-state index contributed by atoms with van der Waals surface area (Å²) >= 11 is 0. The van der Waals surface area contributed by atoms with Crippen molar-refractivity contribution < 1.29 is 17.5 Å². The number of nitrogens with zero attached hydrogens (tertiary/aromatic N) is 3. The van der Waals surface area contributed by atoms with E-state index in [4.69, 9.17) is 4.74 Å². The number of hydrogen-bond acceptors (Lipinski definition) is 9. The molecule has 34 heavy (non-hydrogen) atoms. The third-order valence-corrected chi connectivity index (χ3v) is 7.88. The average Bonchev–Trinajstić information content (AvgIpc) is 3.19. The highest BCUT2D eigenvalue weighted by Gasteiger charge is 2.22. The highest BCUT2D eigenvalue weighted by atomic mass is 32.2. The molecule has 0 bridgehead atoms. The molecule has 0 spiro atoms. The monoisotopic (exact) mass is 486 g/mol. The van der Waals surface area contributed by atoms with Crippen LogP contribution in [0.3, 0.4) is 0 Å². The number of rotatable bonds is 7. The van der Waals surface area contributed by atoms with Crippen molar-refractivity contribution in [2.75, 3.05) is 29.8 Å². The van der Waals surface area contributed by atoms with Gasteiger partial charge in [0.2, 0.25) is 5.95 Å². The molecule has 9 nitrogen and oxygen atoms in total. The molecule has 1 aliphatic rings. The Balaban J connectivity index is 1.67. The number of anilines is 5. The minimum atomic E-state index is -3.51. The minimum absolute atomic E-state index is 0.0568. The first-order valence-electron chi connectivity index (χ1n) is 10.7. The van der Waals surface area contributed by atoms with Gasteiger partial charge in [0.25, 0.3) is 0 Å². The Kier molecular flexibility index (Phi) is 6.32. The Labute approximate surface area is 198 Å². The Hall–Kier alpha value is -3.44. The summed E-state index contributed by atoms with van der Waals surface area (Å²) in [5.74, 6) is -0.0513. The number of aromatic nitrogens is 2. The fourth-order valence-electron chi connectivity index (χ4n) is 3.63. The summed E-state index contributed by atoms with van der Waals surface area (Å²) in [5.41, 5.74) is 9.37. The van der Waals surface area contributed by atoms with Crippen LogP contribution in [0.1, 0.15) is 32.4 Å². The largest absolute Gasteiger partial charge is 0.495 e. The normalized spacial score (nSPS) is 15.1. The molecule has 0 aliphatic carbocycles. The van der Waals surface area contributed by atoms with Gasteiger partial charge in [0.15, 0.2) is 21.5 Å². The van der Waals surface area contributed by atoms with E-state index in [-0.39, 0.29) is 22.7 Å². The van der Waals surface area contributed by atoms with E-state index in [1.54, 1.807) is 31.9 Å². The maximum atomic E-state index is 14.7. The van der Waals surface area contributed by atoms with Gasteiger partial charge in [0.1, 0.15) is 5.75 Å². The second-order valence-corrected chi connectivity index (χ2v) is 10.8. The van der Waals surface area contributed by atoms with Gasteiger partial charge in [0, 0.05) is 12.7 Å². The number of benzene rings is 2. The topological polar surface area (TPSA) is 108 Å². The number of fused-ring (bicyclic) bond motifs is 1. The number of nitrogens with one attached hydrogen (secondary N) is 3. The summed E-state index contributed by atoms with van der Waals surface area (Å²) in [5, 5.41) is 2.38. The lowest BCUT2D eigenvalue weighted by molar-refractivity contribution is 0.416. The summed E-state index contributed by atoms with van der Waals surface area (Å²) in [6.07, 6.45) is 1.07. The minimum Gasteiger partial charge on any atom is -0.495 e. The second kappa shape index (κ2) is 9.07. The summed E-state index contributed by atoms with van der Waals surface area (Å²) < 4.78 is 45.3. The van der Waals surface area contributed by atoms with Gasteiger partial charge in [-0.05, 0) is 56.7 Å².